The van der Waals surface area contributed by atoms with Crippen molar-refractivity contribution < 1.29 is 28.6 Å². The maximum absolute atomic E-state index is 13.9. The zero-order valence-corrected chi connectivity index (χ0v) is 19.9. The van der Waals surface area contributed by atoms with E-state index in [2.05, 4.69) is 0 Å². The van der Waals surface area contributed by atoms with Crippen molar-refractivity contribution in [1.82, 2.24) is 4.90 Å². The van der Waals surface area contributed by atoms with Gasteiger partial charge in [0.15, 0.2) is 0 Å². The normalized spacial score (nSPS) is 33.3. The second-order valence-electron chi connectivity index (χ2n) is 11.1. The molecule has 5 fully saturated rings. The summed E-state index contributed by atoms with van der Waals surface area (Å²) in [5.41, 5.74) is -0.0698. The van der Waals surface area contributed by atoms with Gasteiger partial charge in [-0.3, -0.25) is 4.79 Å². The Hall–Kier alpha value is -2.87. The molecule has 1 amide bonds. The lowest BCUT2D eigenvalue weighted by Crippen LogP contribution is -2.56. The summed E-state index contributed by atoms with van der Waals surface area (Å²) >= 11 is 0. The first-order chi connectivity index (χ1) is 16.8. The fourth-order valence-corrected chi connectivity index (χ4v) is 7.64. The summed E-state index contributed by atoms with van der Waals surface area (Å²) in [6.45, 7) is 0.0389. The molecule has 8 heteroatoms. The van der Waals surface area contributed by atoms with Crippen LogP contribution >= 0.6 is 0 Å². The minimum Gasteiger partial charge on any atom is -0.497 e. The van der Waals surface area contributed by atoms with Gasteiger partial charge in [-0.05, 0) is 68.4 Å². The molecule has 1 aromatic carbocycles. The number of nitrogens with zero attached hydrogens (tertiary/aromatic N) is 1. The number of hydrogen-bond donors (Lipinski definition) is 1. The maximum atomic E-state index is 13.9. The van der Waals surface area contributed by atoms with Crippen molar-refractivity contribution in [3.63, 3.8) is 0 Å². The fraction of sp³-hybridized carbons (Fsp3) is 0.593. The number of carbonyl (C=O) groups excluding carboxylic acids is 2. The van der Waals surface area contributed by atoms with E-state index < -0.39 is 23.7 Å². The predicted molar refractivity (Wildman–Crippen MR) is 126 cm³/mol. The zero-order valence-electron chi connectivity index (χ0n) is 19.9. The van der Waals surface area contributed by atoms with Crippen LogP contribution in [0.5, 0.6) is 5.75 Å². The van der Waals surface area contributed by atoms with Gasteiger partial charge in [-0.25, -0.2) is 9.59 Å². The number of carbonyl (C=O) groups is 2. The van der Waals surface area contributed by atoms with E-state index in [9.17, 15) is 19.5 Å². The highest BCUT2D eigenvalue weighted by molar-refractivity contribution is 5.89. The number of hydrogen-bond acceptors (Lipinski definition) is 7. The van der Waals surface area contributed by atoms with Crippen molar-refractivity contribution in [3.05, 3.63) is 40.2 Å². The molecule has 1 N–H and O–H groups in total. The van der Waals surface area contributed by atoms with E-state index in [0.717, 1.165) is 19.3 Å². The third kappa shape index (κ3) is 3.92. The van der Waals surface area contributed by atoms with Crippen LogP contribution in [0.2, 0.25) is 0 Å². The standard InChI is InChI=1S/C27H31NO7/c1-33-20-2-3-21-18(7-24(30)35-23(21)9-20)14-34-25(31)22-8-19(29)13-28(22)26(32)27-10-15-4-16(11-27)6-17(5-15)12-27/h2-3,7,9,15-17,19,22,29H,4-6,8,10-14H2,1H3. The van der Waals surface area contributed by atoms with E-state index in [-0.39, 0.29) is 30.9 Å². The van der Waals surface area contributed by atoms with Crippen molar-refractivity contribution in [3.8, 4) is 5.75 Å². The molecule has 1 saturated heterocycles. The van der Waals surface area contributed by atoms with Crippen molar-refractivity contribution in [2.75, 3.05) is 13.7 Å². The Morgan fingerprint density at radius 2 is 1.77 bits per heavy atom. The Morgan fingerprint density at radius 1 is 1.09 bits per heavy atom. The third-order valence-electron chi connectivity index (χ3n) is 8.71. The van der Waals surface area contributed by atoms with Gasteiger partial charge in [0.2, 0.25) is 5.91 Å². The van der Waals surface area contributed by atoms with Crippen LogP contribution in [0.15, 0.2) is 33.5 Å². The molecule has 2 aromatic rings. The lowest BCUT2D eigenvalue weighted by molar-refractivity contribution is -0.166. The minimum absolute atomic E-state index is 0.0213. The molecule has 0 spiro atoms. The first-order valence-electron chi connectivity index (χ1n) is 12.6. The van der Waals surface area contributed by atoms with E-state index >= 15 is 0 Å². The lowest BCUT2D eigenvalue weighted by atomic mass is 9.49. The van der Waals surface area contributed by atoms with Crippen LogP contribution in [0.25, 0.3) is 11.0 Å². The van der Waals surface area contributed by atoms with Crippen LogP contribution in [0.4, 0.5) is 0 Å². The molecule has 7 rings (SSSR count). The monoisotopic (exact) mass is 481 g/mol. The smallest absolute Gasteiger partial charge is 0.336 e. The van der Waals surface area contributed by atoms with Crippen LogP contribution < -0.4 is 10.4 Å². The van der Waals surface area contributed by atoms with Crippen molar-refractivity contribution >= 4 is 22.8 Å². The number of ether oxygens (including phenoxy) is 2. The second-order valence-corrected chi connectivity index (χ2v) is 11.1. The van der Waals surface area contributed by atoms with E-state index in [4.69, 9.17) is 13.9 Å². The first kappa shape index (κ1) is 22.6. The van der Waals surface area contributed by atoms with Gasteiger partial charge < -0.3 is 23.9 Å². The SMILES string of the molecule is COc1ccc2c(COC(=O)C3CC(O)CN3C(=O)C34CC5CC(CC(C5)C3)C4)cc(=O)oc2c1. The topological polar surface area (TPSA) is 106 Å². The fourth-order valence-electron chi connectivity index (χ4n) is 7.64. The summed E-state index contributed by atoms with van der Waals surface area (Å²) in [4.78, 5) is 40.7. The molecule has 186 valence electrons. The average molecular weight is 482 g/mol. The number of likely N-dealkylation sites (tertiary alicyclic amines) is 1. The maximum Gasteiger partial charge on any atom is 0.336 e. The number of amides is 1. The minimum atomic E-state index is -0.808. The predicted octanol–water partition coefficient (Wildman–Crippen LogP) is 3.02. The third-order valence-corrected chi connectivity index (χ3v) is 8.71. The quantitative estimate of drug-likeness (QED) is 0.517. The molecule has 8 nitrogen and oxygen atoms in total. The Bertz CT molecular complexity index is 1200. The molecule has 4 aliphatic carbocycles. The molecule has 35 heavy (non-hydrogen) atoms. The van der Waals surface area contributed by atoms with Gasteiger partial charge in [-0.2, -0.15) is 0 Å². The van der Waals surface area contributed by atoms with Crippen molar-refractivity contribution in [2.45, 2.75) is 63.7 Å². The first-order valence-corrected chi connectivity index (χ1v) is 12.6. The highest BCUT2D eigenvalue weighted by atomic mass is 16.5. The number of fused-ring (bicyclic) bond motifs is 1. The molecule has 5 aliphatic rings. The van der Waals surface area contributed by atoms with Crippen LogP contribution in [-0.2, 0) is 20.9 Å². The van der Waals surface area contributed by atoms with Gasteiger partial charge >= 0.3 is 11.6 Å². The number of aliphatic hydroxyl groups is 1. The highest BCUT2D eigenvalue weighted by Gasteiger charge is 2.57. The second kappa shape index (κ2) is 8.36. The van der Waals surface area contributed by atoms with Gasteiger partial charge in [-0.15, -0.1) is 0 Å². The Balaban J connectivity index is 1.20. The number of esters is 1. The van der Waals surface area contributed by atoms with Crippen LogP contribution in [0.1, 0.15) is 50.5 Å². The molecule has 4 saturated carbocycles. The summed E-state index contributed by atoms with van der Waals surface area (Å²) < 4.78 is 16.1. The number of rotatable bonds is 5. The molecule has 0 radical (unpaired) electrons. The molecule has 2 heterocycles. The summed E-state index contributed by atoms with van der Waals surface area (Å²) in [5.74, 6) is 1.86. The van der Waals surface area contributed by atoms with E-state index in [0.29, 0.717) is 40.0 Å². The van der Waals surface area contributed by atoms with E-state index in [1.54, 1.807) is 23.1 Å². The summed E-state index contributed by atoms with van der Waals surface area (Å²) in [5, 5.41) is 11.0. The Morgan fingerprint density at radius 3 is 2.43 bits per heavy atom. The van der Waals surface area contributed by atoms with E-state index in [1.165, 1.54) is 32.4 Å². The largest absolute Gasteiger partial charge is 0.497 e. The number of methoxy groups -OCH3 is 1. The van der Waals surface area contributed by atoms with Gasteiger partial charge in [0.25, 0.3) is 0 Å². The average Bonchev–Trinajstić information content (AvgIpc) is 3.22. The van der Waals surface area contributed by atoms with Crippen molar-refractivity contribution in [1.29, 1.82) is 0 Å². The molecular formula is C27H31NO7. The molecule has 1 aliphatic heterocycles. The van der Waals surface area contributed by atoms with Crippen LogP contribution in [0.3, 0.4) is 0 Å². The van der Waals surface area contributed by atoms with Gasteiger partial charge in [0, 0.05) is 36.0 Å². The highest BCUT2D eigenvalue weighted by Crippen LogP contribution is 2.60. The Kier molecular flexibility index (Phi) is 5.40. The zero-order chi connectivity index (χ0) is 24.3. The van der Waals surface area contributed by atoms with Crippen LogP contribution in [-0.4, -0.2) is 47.7 Å². The van der Waals surface area contributed by atoms with Crippen LogP contribution in [0, 0.1) is 23.2 Å². The summed E-state index contributed by atoms with van der Waals surface area (Å²) in [6, 6.07) is 5.61. The molecular weight excluding hydrogens is 450 g/mol. The number of benzene rings is 1. The lowest BCUT2D eigenvalue weighted by Gasteiger charge is -2.56. The van der Waals surface area contributed by atoms with Gasteiger partial charge in [0.1, 0.15) is 24.0 Å². The molecule has 2 unspecified atom stereocenters. The summed E-state index contributed by atoms with van der Waals surface area (Å²) in [6.07, 6.45) is 5.82. The van der Waals surface area contributed by atoms with Crippen molar-refractivity contribution in [2.24, 2.45) is 23.2 Å². The molecule has 2 atom stereocenters. The molecule has 4 bridgehead atoms. The van der Waals surface area contributed by atoms with Gasteiger partial charge in [-0.1, -0.05) is 0 Å². The molecule has 1 aromatic heterocycles. The number of β-amino-alcohol motifs (C(OH)–C–C–N with tert-alkyl or cyclic N) is 1. The van der Waals surface area contributed by atoms with Gasteiger partial charge in [0.05, 0.1) is 18.6 Å². The summed E-state index contributed by atoms with van der Waals surface area (Å²) in [7, 11) is 1.53. The number of aliphatic hydroxyl groups excluding tert-OH is 1. The Labute approximate surface area is 203 Å². The van der Waals surface area contributed by atoms with E-state index in [1.807, 2.05) is 0 Å².